The third kappa shape index (κ3) is 2.43. The minimum atomic E-state index is 0.0435. The van der Waals surface area contributed by atoms with Crippen LogP contribution in [0.15, 0.2) is 30.5 Å². The van der Waals surface area contributed by atoms with Crippen LogP contribution >= 0.6 is 0 Å². The minimum absolute atomic E-state index is 0.0435. The molecule has 3 rings (SSSR count). The smallest absolute Gasteiger partial charge is 0.224 e. The number of fused-ring (bicyclic) bond motifs is 1. The number of rotatable bonds is 2. The second-order valence-corrected chi connectivity index (χ2v) is 5.12. The van der Waals surface area contributed by atoms with E-state index in [-0.39, 0.29) is 11.8 Å². The normalized spacial score (nSPS) is 19.1. The number of hydrogen-bond donors (Lipinski definition) is 1. The lowest BCUT2D eigenvalue weighted by molar-refractivity contribution is -0.124. The van der Waals surface area contributed by atoms with Gasteiger partial charge in [-0.05, 0) is 25.0 Å². The van der Waals surface area contributed by atoms with Crippen molar-refractivity contribution in [3.63, 3.8) is 0 Å². The molecule has 0 saturated carbocycles. The maximum atomic E-state index is 11.8. The summed E-state index contributed by atoms with van der Waals surface area (Å²) in [6.45, 7) is 1.65. The van der Waals surface area contributed by atoms with Gasteiger partial charge in [0.1, 0.15) is 5.82 Å². The number of hydrogen-bond acceptors (Lipinski definition) is 4. The van der Waals surface area contributed by atoms with Crippen LogP contribution in [0, 0.1) is 5.92 Å². The van der Waals surface area contributed by atoms with Crippen molar-refractivity contribution < 1.29 is 4.79 Å². The Hall–Kier alpha value is -2.17. The van der Waals surface area contributed by atoms with Crippen molar-refractivity contribution in [2.75, 3.05) is 25.0 Å². The summed E-state index contributed by atoms with van der Waals surface area (Å²) in [5.74, 6) is 1.02. The zero-order valence-corrected chi connectivity index (χ0v) is 11.5. The van der Waals surface area contributed by atoms with Gasteiger partial charge in [-0.25, -0.2) is 4.98 Å². The molecule has 0 bridgehead atoms. The molecule has 0 radical (unpaired) electrons. The maximum Gasteiger partial charge on any atom is 0.224 e. The summed E-state index contributed by atoms with van der Waals surface area (Å²) in [4.78, 5) is 23.0. The second-order valence-electron chi connectivity index (χ2n) is 5.12. The Labute approximate surface area is 118 Å². The van der Waals surface area contributed by atoms with E-state index in [9.17, 15) is 4.79 Å². The average molecular weight is 270 g/mol. The number of anilines is 1. The summed E-state index contributed by atoms with van der Waals surface area (Å²) in [5.41, 5.74) is 1.79. The first-order valence-electron chi connectivity index (χ1n) is 6.96. The molecule has 1 atom stereocenters. The standard InChI is InChI=1S/C15H18N4O/c1-16-15(20)11-5-4-8-19(10-11)14-9-17-12-6-2-3-7-13(12)18-14/h2-3,6-7,9,11H,4-5,8,10H2,1H3,(H,16,20)/t11-/m1/s1. The molecule has 1 saturated heterocycles. The van der Waals surface area contributed by atoms with Crippen LogP contribution in [0.5, 0.6) is 0 Å². The number of para-hydroxylation sites is 2. The number of nitrogens with zero attached hydrogens (tertiary/aromatic N) is 3. The molecule has 104 valence electrons. The molecule has 1 N–H and O–H groups in total. The van der Waals surface area contributed by atoms with Gasteiger partial charge < -0.3 is 10.2 Å². The summed E-state index contributed by atoms with van der Waals surface area (Å²) < 4.78 is 0. The first kappa shape index (κ1) is 12.8. The zero-order chi connectivity index (χ0) is 13.9. The predicted octanol–water partition coefficient (Wildman–Crippen LogP) is 1.59. The largest absolute Gasteiger partial charge is 0.359 e. The Morgan fingerprint density at radius 2 is 2.15 bits per heavy atom. The first-order chi connectivity index (χ1) is 9.78. The van der Waals surface area contributed by atoms with Crippen molar-refractivity contribution in [2.45, 2.75) is 12.8 Å². The van der Waals surface area contributed by atoms with E-state index < -0.39 is 0 Å². The molecule has 1 aliphatic heterocycles. The van der Waals surface area contributed by atoms with Crippen LogP contribution in [0.2, 0.25) is 0 Å². The van der Waals surface area contributed by atoms with Crippen molar-refractivity contribution in [3.05, 3.63) is 30.5 Å². The van der Waals surface area contributed by atoms with Gasteiger partial charge in [-0.2, -0.15) is 0 Å². The first-order valence-corrected chi connectivity index (χ1v) is 6.96. The molecule has 0 spiro atoms. The lowest BCUT2D eigenvalue weighted by Crippen LogP contribution is -2.42. The van der Waals surface area contributed by atoms with Gasteiger partial charge in [0.05, 0.1) is 23.1 Å². The molecule has 20 heavy (non-hydrogen) atoms. The molecule has 1 aromatic carbocycles. The van der Waals surface area contributed by atoms with Gasteiger partial charge in [0.15, 0.2) is 0 Å². The van der Waals surface area contributed by atoms with Crippen LogP contribution in [0.4, 0.5) is 5.82 Å². The van der Waals surface area contributed by atoms with E-state index in [1.54, 1.807) is 13.2 Å². The molecule has 0 unspecified atom stereocenters. The summed E-state index contributed by atoms with van der Waals surface area (Å²) in [7, 11) is 1.69. The summed E-state index contributed by atoms with van der Waals surface area (Å²) in [6.07, 6.45) is 3.75. The molecule has 5 nitrogen and oxygen atoms in total. The lowest BCUT2D eigenvalue weighted by Gasteiger charge is -2.32. The quantitative estimate of drug-likeness (QED) is 0.900. The lowest BCUT2D eigenvalue weighted by atomic mass is 9.97. The highest BCUT2D eigenvalue weighted by Gasteiger charge is 2.25. The van der Waals surface area contributed by atoms with Crippen molar-refractivity contribution in [1.82, 2.24) is 15.3 Å². The molecular formula is C15H18N4O. The number of aromatic nitrogens is 2. The fourth-order valence-corrected chi connectivity index (χ4v) is 2.70. The van der Waals surface area contributed by atoms with Gasteiger partial charge in [-0.15, -0.1) is 0 Å². The Kier molecular flexibility index (Phi) is 3.50. The van der Waals surface area contributed by atoms with Gasteiger partial charge in [0, 0.05) is 20.1 Å². The van der Waals surface area contributed by atoms with E-state index in [1.165, 1.54) is 0 Å². The molecule has 1 amide bonds. The van der Waals surface area contributed by atoms with Crippen LogP contribution in [0.1, 0.15) is 12.8 Å². The molecular weight excluding hydrogens is 252 g/mol. The van der Waals surface area contributed by atoms with Gasteiger partial charge in [-0.1, -0.05) is 12.1 Å². The van der Waals surface area contributed by atoms with Crippen molar-refractivity contribution in [1.29, 1.82) is 0 Å². The minimum Gasteiger partial charge on any atom is -0.359 e. The van der Waals surface area contributed by atoms with Crippen molar-refractivity contribution in [2.24, 2.45) is 5.92 Å². The highest BCUT2D eigenvalue weighted by Crippen LogP contribution is 2.22. The van der Waals surface area contributed by atoms with Crippen LogP contribution in [-0.4, -0.2) is 36.0 Å². The third-order valence-corrected chi connectivity index (χ3v) is 3.80. The fraction of sp³-hybridized carbons (Fsp3) is 0.400. The fourth-order valence-electron chi connectivity index (χ4n) is 2.70. The number of benzene rings is 1. The molecule has 0 aliphatic carbocycles. The summed E-state index contributed by atoms with van der Waals surface area (Å²) in [5, 5.41) is 2.73. The second kappa shape index (κ2) is 5.45. The van der Waals surface area contributed by atoms with E-state index in [1.807, 2.05) is 24.3 Å². The van der Waals surface area contributed by atoms with E-state index >= 15 is 0 Å². The Morgan fingerprint density at radius 3 is 2.95 bits per heavy atom. The molecule has 1 aliphatic rings. The van der Waals surface area contributed by atoms with E-state index in [4.69, 9.17) is 0 Å². The Bertz CT molecular complexity index is 628. The topological polar surface area (TPSA) is 58.1 Å². The molecule has 1 fully saturated rings. The van der Waals surface area contributed by atoms with E-state index in [2.05, 4.69) is 20.2 Å². The average Bonchev–Trinajstić information content (AvgIpc) is 2.53. The predicted molar refractivity (Wildman–Crippen MR) is 78.5 cm³/mol. The van der Waals surface area contributed by atoms with Gasteiger partial charge in [-0.3, -0.25) is 9.78 Å². The van der Waals surface area contributed by atoms with Crippen LogP contribution in [0.25, 0.3) is 11.0 Å². The van der Waals surface area contributed by atoms with E-state index in [0.29, 0.717) is 6.54 Å². The molecule has 2 heterocycles. The van der Waals surface area contributed by atoms with Crippen LogP contribution in [0.3, 0.4) is 0 Å². The molecule has 2 aromatic rings. The van der Waals surface area contributed by atoms with Crippen LogP contribution in [-0.2, 0) is 4.79 Å². The van der Waals surface area contributed by atoms with Gasteiger partial charge in [0.2, 0.25) is 5.91 Å². The third-order valence-electron chi connectivity index (χ3n) is 3.80. The number of amides is 1. The number of nitrogens with one attached hydrogen (secondary N) is 1. The number of piperidine rings is 1. The Morgan fingerprint density at radius 1 is 1.35 bits per heavy atom. The zero-order valence-electron chi connectivity index (χ0n) is 11.5. The van der Waals surface area contributed by atoms with Gasteiger partial charge in [0.25, 0.3) is 0 Å². The highest BCUT2D eigenvalue weighted by atomic mass is 16.1. The Balaban J connectivity index is 1.84. The van der Waals surface area contributed by atoms with Crippen molar-refractivity contribution >= 4 is 22.8 Å². The highest BCUT2D eigenvalue weighted by molar-refractivity contribution is 5.79. The summed E-state index contributed by atoms with van der Waals surface area (Å²) in [6, 6.07) is 7.84. The summed E-state index contributed by atoms with van der Waals surface area (Å²) >= 11 is 0. The number of carbonyl (C=O) groups excluding carboxylic acids is 1. The maximum absolute atomic E-state index is 11.8. The van der Waals surface area contributed by atoms with E-state index in [0.717, 1.165) is 36.2 Å². The van der Waals surface area contributed by atoms with Crippen molar-refractivity contribution in [3.8, 4) is 0 Å². The molecule has 1 aromatic heterocycles. The van der Waals surface area contributed by atoms with Gasteiger partial charge >= 0.3 is 0 Å². The number of carbonyl (C=O) groups is 1. The monoisotopic (exact) mass is 270 g/mol. The molecule has 5 heteroatoms. The van der Waals surface area contributed by atoms with Crippen LogP contribution < -0.4 is 10.2 Å². The SMILES string of the molecule is CNC(=O)[C@@H]1CCCN(c2cnc3ccccc3n2)C1.